The Morgan fingerprint density at radius 2 is 2.00 bits per heavy atom. The van der Waals surface area contributed by atoms with E-state index >= 15 is 4.39 Å². The van der Waals surface area contributed by atoms with E-state index in [2.05, 4.69) is 5.09 Å². The van der Waals surface area contributed by atoms with Gasteiger partial charge < -0.3 is 23.6 Å². The van der Waals surface area contributed by atoms with Crippen LogP contribution in [-0.2, 0) is 30.6 Å². The Labute approximate surface area is 222 Å². The van der Waals surface area contributed by atoms with E-state index < -0.39 is 60.1 Å². The summed E-state index contributed by atoms with van der Waals surface area (Å²) in [5.74, 6) is -0.265. The molecule has 0 amide bonds. The third-order valence-corrected chi connectivity index (χ3v) is 8.12. The van der Waals surface area contributed by atoms with E-state index in [0.29, 0.717) is 5.75 Å². The average Bonchev–Trinajstić information content (AvgIpc) is 3.03. The summed E-state index contributed by atoms with van der Waals surface area (Å²) < 4.78 is 38.5. The lowest BCUT2D eigenvalue weighted by Gasteiger charge is -2.28. The van der Waals surface area contributed by atoms with E-state index in [-0.39, 0.29) is 11.7 Å². The molecule has 0 aliphatic carbocycles. The summed E-state index contributed by atoms with van der Waals surface area (Å²) in [6.45, 7) is 2.26. The summed E-state index contributed by atoms with van der Waals surface area (Å²) in [5, 5.41) is 10.4. The zero-order valence-corrected chi connectivity index (χ0v) is 22.9. The topological polar surface area (TPSA) is 141 Å². The van der Waals surface area contributed by atoms with Gasteiger partial charge in [0.25, 0.3) is 10.7 Å². The number of alkyl halides is 2. The number of benzene rings is 1. The van der Waals surface area contributed by atoms with Gasteiger partial charge in [0.05, 0.1) is 12.7 Å². The van der Waals surface area contributed by atoms with Crippen LogP contribution in [0, 0.1) is 6.92 Å². The number of rotatable bonds is 10. The molecule has 0 bridgehead atoms. The number of nitrogens with one attached hydrogen (secondary N) is 2. The van der Waals surface area contributed by atoms with Gasteiger partial charge in [-0.3, -0.25) is 19.1 Å². The highest BCUT2D eigenvalue weighted by atomic mass is 35.5. The van der Waals surface area contributed by atoms with Crippen molar-refractivity contribution >= 4 is 36.0 Å². The molecule has 204 valence electrons. The second-order valence-electron chi connectivity index (χ2n) is 8.66. The molecule has 1 aromatic carbocycles. The van der Waals surface area contributed by atoms with Gasteiger partial charge in [-0.15, -0.1) is 0 Å². The summed E-state index contributed by atoms with van der Waals surface area (Å²) in [6.07, 6.45) is -4.44. The molecule has 37 heavy (non-hydrogen) atoms. The number of para-hydroxylation sites is 1. The number of H-pyrrole nitrogens is 1. The van der Waals surface area contributed by atoms with Crippen LogP contribution < -0.4 is 20.9 Å². The number of ether oxygens (including phenoxy) is 2. The lowest BCUT2D eigenvalue weighted by Crippen LogP contribution is -2.42. The van der Waals surface area contributed by atoms with Crippen molar-refractivity contribution in [1.29, 1.82) is 0 Å². The highest BCUT2D eigenvalue weighted by Gasteiger charge is 2.58. The first-order valence-electron chi connectivity index (χ1n) is 11.2. The molecule has 0 radical (unpaired) electrons. The number of aromatic amines is 1. The largest absolute Gasteiger partial charge is 0.462 e. The van der Waals surface area contributed by atoms with Crippen molar-refractivity contribution in [3.8, 4) is 5.75 Å². The third-order valence-electron chi connectivity index (χ3n) is 5.21. The molecule has 0 unspecified atom stereocenters. The number of hydrogen-bond donors (Lipinski definition) is 3. The molecule has 15 heteroatoms. The van der Waals surface area contributed by atoms with Crippen LogP contribution >= 0.6 is 18.2 Å². The first-order chi connectivity index (χ1) is 17.2. The smallest absolute Gasteiger partial charge is 0.330 e. The van der Waals surface area contributed by atoms with Crippen molar-refractivity contribution in [2.24, 2.45) is 0 Å². The highest BCUT2D eigenvalue weighted by molar-refractivity contribution is 8.09. The molecule has 3 N–H and O–H groups in total. The van der Waals surface area contributed by atoms with Crippen LogP contribution in [0.5, 0.6) is 5.75 Å². The fraction of sp³-hybridized carbons (Fsp3) is 0.500. The maximum absolute atomic E-state index is 15.4. The van der Waals surface area contributed by atoms with Crippen molar-refractivity contribution in [1.82, 2.24) is 14.6 Å². The van der Waals surface area contributed by atoms with Gasteiger partial charge >= 0.3 is 18.3 Å². The van der Waals surface area contributed by atoms with Crippen LogP contribution in [0.1, 0.15) is 32.6 Å². The number of aliphatic hydroxyl groups excluding tert-OH is 1. The summed E-state index contributed by atoms with van der Waals surface area (Å²) in [5.41, 5.74) is -1.54. The maximum Gasteiger partial charge on any atom is 0.330 e. The molecular formula is C22H28ClFN3O8PS. The zero-order chi connectivity index (χ0) is 27.5. The van der Waals surface area contributed by atoms with Crippen molar-refractivity contribution < 1.29 is 32.8 Å². The third kappa shape index (κ3) is 7.05. The van der Waals surface area contributed by atoms with Gasteiger partial charge in [0.15, 0.2) is 6.23 Å². The fourth-order valence-corrected chi connectivity index (χ4v) is 6.09. The molecular weight excluding hydrogens is 552 g/mol. The molecule has 1 aromatic heterocycles. The predicted octanol–water partition coefficient (Wildman–Crippen LogP) is 2.26. The summed E-state index contributed by atoms with van der Waals surface area (Å²) in [6, 6.07) is 7.48. The minimum atomic E-state index is -3.52. The predicted molar refractivity (Wildman–Crippen MR) is 137 cm³/mol. The molecule has 1 aliphatic heterocycles. The average molecular weight is 580 g/mol. The number of aliphatic hydroxyl groups is 1. The molecule has 2 aromatic rings. The van der Waals surface area contributed by atoms with Crippen molar-refractivity contribution in [2.45, 2.75) is 63.4 Å². The molecule has 1 aliphatic rings. The van der Waals surface area contributed by atoms with E-state index in [1.165, 1.54) is 13.8 Å². The SMILES string of the molecule is Cc1cn([C@@H]2O[C@H](CO[P@](=S)(N[C@H](C)C(=O)OC(C)C)Oc3ccccc3)[C@@H](O)[C@]2(F)Cl)c(=O)[nH]c1=O. The number of carbonyl (C=O) groups excluding carboxylic acids is 1. The van der Waals surface area contributed by atoms with E-state index in [0.717, 1.165) is 10.8 Å². The van der Waals surface area contributed by atoms with Gasteiger partial charge in [0.2, 0.25) is 0 Å². The molecule has 0 spiro atoms. The normalized spacial score (nSPS) is 26.0. The Morgan fingerprint density at radius 3 is 2.62 bits per heavy atom. The minimum absolute atomic E-state index is 0.100. The van der Waals surface area contributed by atoms with Crippen LogP contribution in [-0.4, -0.2) is 56.7 Å². The van der Waals surface area contributed by atoms with Gasteiger partial charge in [0.1, 0.15) is 24.0 Å². The van der Waals surface area contributed by atoms with E-state index in [1.54, 1.807) is 44.2 Å². The molecule has 11 nitrogen and oxygen atoms in total. The van der Waals surface area contributed by atoms with Crippen LogP contribution in [0.2, 0.25) is 0 Å². The summed E-state index contributed by atoms with van der Waals surface area (Å²) >= 11 is 11.5. The van der Waals surface area contributed by atoms with Crippen LogP contribution in [0.25, 0.3) is 0 Å². The van der Waals surface area contributed by atoms with Gasteiger partial charge in [-0.05, 0) is 51.6 Å². The number of halogens is 2. The fourth-order valence-electron chi connectivity index (χ4n) is 3.37. The first-order valence-corrected chi connectivity index (χ1v) is 14.3. The molecule has 1 saturated heterocycles. The van der Waals surface area contributed by atoms with Crippen LogP contribution in [0.15, 0.2) is 46.1 Å². The van der Waals surface area contributed by atoms with Crippen molar-refractivity contribution in [2.75, 3.05) is 6.61 Å². The Bertz CT molecular complexity index is 1270. The van der Waals surface area contributed by atoms with Crippen LogP contribution in [0.3, 0.4) is 0 Å². The number of nitrogens with zero attached hydrogens (tertiary/aromatic N) is 1. The highest BCUT2D eigenvalue weighted by Crippen LogP contribution is 2.48. The molecule has 1 fully saturated rings. The van der Waals surface area contributed by atoms with Crippen LogP contribution in [0.4, 0.5) is 4.39 Å². The van der Waals surface area contributed by atoms with Crippen molar-refractivity contribution in [3.63, 3.8) is 0 Å². The molecule has 0 saturated carbocycles. The van der Waals surface area contributed by atoms with E-state index in [9.17, 15) is 19.5 Å². The number of hydrogen-bond acceptors (Lipinski definition) is 9. The number of aryl methyl sites for hydroxylation is 1. The Kier molecular flexibility index (Phi) is 9.33. The standard InChI is InChI=1S/C22H28ClFN3O8PS/c1-12(2)33-19(30)14(4)26-36(37,35-15-8-6-5-7-9-15)32-11-16-17(28)22(23,24)20(34-16)27-10-13(3)18(29)25-21(27)31/h5-10,12,14,16-17,20,28H,11H2,1-4H3,(H,26,37)(H,25,29,31)/t14-,16-,17-,20-,22-,36-/m1/s1. The second kappa shape index (κ2) is 11.7. The summed E-state index contributed by atoms with van der Waals surface area (Å²) in [4.78, 5) is 38.3. The Balaban J connectivity index is 1.82. The lowest BCUT2D eigenvalue weighted by molar-refractivity contribution is -0.149. The Morgan fingerprint density at radius 1 is 1.35 bits per heavy atom. The number of esters is 1. The minimum Gasteiger partial charge on any atom is -0.462 e. The van der Waals surface area contributed by atoms with Gasteiger partial charge in [0, 0.05) is 11.8 Å². The first kappa shape index (κ1) is 29.4. The quantitative estimate of drug-likeness (QED) is 0.218. The van der Waals surface area contributed by atoms with E-state index in [1.807, 2.05) is 4.98 Å². The Hall–Kier alpha value is -2.12. The van der Waals surface area contributed by atoms with Gasteiger partial charge in [-0.1, -0.05) is 29.8 Å². The number of aromatic nitrogens is 2. The number of carbonyl (C=O) groups is 1. The molecule has 3 rings (SSSR count). The second-order valence-corrected chi connectivity index (χ2v) is 12.4. The zero-order valence-electron chi connectivity index (χ0n) is 20.4. The van der Waals surface area contributed by atoms with E-state index in [4.69, 9.17) is 41.9 Å². The lowest BCUT2D eigenvalue weighted by atomic mass is 10.1. The monoisotopic (exact) mass is 579 g/mol. The van der Waals surface area contributed by atoms with Crippen molar-refractivity contribution in [3.05, 3.63) is 62.9 Å². The van der Waals surface area contributed by atoms with Gasteiger partial charge in [-0.2, -0.15) is 0 Å². The summed E-state index contributed by atoms with van der Waals surface area (Å²) in [7, 11) is 0. The van der Waals surface area contributed by atoms with Gasteiger partial charge in [-0.25, -0.2) is 14.3 Å². The maximum atomic E-state index is 15.4. The molecule has 2 heterocycles. The molecule has 6 atom stereocenters.